The molecule has 0 bridgehead atoms. The zero-order valence-corrected chi connectivity index (χ0v) is 15.0. The van der Waals surface area contributed by atoms with Gasteiger partial charge in [-0.05, 0) is 37.5 Å². The van der Waals surface area contributed by atoms with Gasteiger partial charge in [0.05, 0.1) is 30.3 Å². The van der Waals surface area contributed by atoms with E-state index in [2.05, 4.69) is 4.98 Å². The Morgan fingerprint density at radius 2 is 2.36 bits per heavy atom. The van der Waals surface area contributed by atoms with Crippen molar-refractivity contribution in [2.24, 2.45) is 0 Å². The summed E-state index contributed by atoms with van der Waals surface area (Å²) in [6, 6.07) is 5.52. The fraction of sp³-hybridized carbons (Fsp3) is 0.556. The topological polar surface area (TPSA) is 67.5 Å². The maximum Gasteiger partial charge on any atom is 0.257 e. The number of likely N-dealkylation sites (tertiary alicyclic amines) is 1. The zero-order valence-electron chi connectivity index (χ0n) is 14.3. The Bertz CT molecular complexity index is 785. The van der Waals surface area contributed by atoms with Crippen LogP contribution in [0.3, 0.4) is 0 Å². The summed E-state index contributed by atoms with van der Waals surface area (Å²) in [4.78, 5) is 23.2. The molecule has 0 radical (unpaired) electrons. The van der Waals surface area contributed by atoms with Crippen molar-refractivity contribution in [2.75, 3.05) is 26.9 Å². The molecular formula is C18H22ClN3O3. The van der Waals surface area contributed by atoms with E-state index in [1.165, 1.54) is 0 Å². The van der Waals surface area contributed by atoms with Gasteiger partial charge in [-0.3, -0.25) is 4.79 Å². The van der Waals surface area contributed by atoms with E-state index < -0.39 is 5.60 Å². The van der Waals surface area contributed by atoms with Gasteiger partial charge in [-0.2, -0.15) is 0 Å². The Hall–Kier alpha value is -1.63. The predicted octanol–water partition coefficient (Wildman–Crippen LogP) is 3.08. The Balaban J connectivity index is 1.67. The summed E-state index contributed by atoms with van der Waals surface area (Å²) in [5, 5.41) is 0.667. The lowest BCUT2D eigenvalue weighted by Gasteiger charge is -2.39. The highest BCUT2D eigenvalue weighted by Crippen LogP contribution is 2.35. The number of benzene rings is 1. The second-order valence-electron chi connectivity index (χ2n) is 6.79. The molecule has 3 heterocycles. The van der Waals surface area contributed by atoms with Crippen molar-refractivity contribution in [3.8, 4) is 0 Å². The molecule has 1 amide bonds. The number of ether oxygens (including phenoxy) is 2. The van der Waals surface area contributed by atoms with Gasteiger partial charge in [-0.15, -0.1) is 0 Å². The Labute approximate surface area is 151 Å². The second kappa shape index (κ2) is 6.59. The van der Waals surface area contributed by atoms with Crippen molar-refractivity contribution in [3.63, 3.8) is 0 Å². The molecule has 2 unspecified atom stereocenters. The third-order valence-electron chi connectivity index (χ3n) is 5.31. The summed E-state index contributed by atoms with van der Waals surface area (Å²) in [7, 11) is 1.59. The minimum atomic E-state index is -0.856. The molecule has 2 aliphatic heterocycles. The number of amides is 1. The fourth-order valence-electron chi connectivity index (χ4n) is 3.84. The number of halogens is 1. The Morgan fingerprint density at radius 3 is 3.12 bits per heavy atom. The van der Waals surface area contributed by atoms with Crippen molar-refractivity contribution in [1.82, 2.24) is 14.9 Å². The highest BCUT2D eigenvalue weighted by Gasteiger charge is 2.47. The number of hydrogen-bond acceptors (Lipinski definition) is 4. The summed E-state index contributed by atoms with van der Waals surface area (Å²) < 4.78 is 11.1. The first-order chi connectivity index (χ1) is 12.1. The standard InChI is InChI=1S/C18H22ClN3O3/c1-24-18(7-9-25-11-18)17(23)22-8-3-2-4-15(22)16-20-13-6-5-12(19)10-14(13)21-16/h5-6,10,15H,2-4,7-9,11H2,1H3,(H,20,21). The number of carbonyl (C=O) groups excluding carboxylic acids is 1. The molecule has 2 aromatic rings. The summed E-state index contributed by atoms with van der Waals surface area (Å²) in [6.07, 6.45) is 3.55. The number of nitrogens with zero attached hydrogens (tertiary/aromatic N) is 2. The van der Waals surface area contributed by atoms with Crippen molar-refractivity contribution < 1.29 is 14.3 Å². The van der Waals surface area contributed by atoms with E-state index in [9.17, 15) is 4.79 Å². The molecule has 7 heteroatoms. The molecule has 0 spiro atoms. The number of carbonyl (C=O) groups is 1. The number of H-pyrrole nitrogens is 1. The highest BCUT2D eigenvalue weighted by atomic mass is 35.5. The van der Waals surface area contributed by atoms with E-state index in [4.69, 9.17) is 26.1 Å². The molecule has 2 atom stereocenters. The van der Waals surface area contributed by atoms with Gasteiger partial charge in [-0.25, -0.2) is 4.98 Å². The maximum atomic E-state index is 13.3. The fourth-order valence-corrected chi connectivity index (χ4v) is 4.02. The third-order valence-corrected chi connectivity index (χ3v) is 5.54. The molecule has 2 saturated heterocycles. The number of imidazole rings is 1. The van der Waals surface area contributed by atoms with E-state index in [1.807, 2.05) is 23.1 Å². The number of nitrogens with one attached hydrogen (secondary N) is 1. The van der Waals surface area contributed by atoms with Gasteiger partial charge < -0.3 is 19.4 Å². The quantitative estimate of drug-likeness (QED) is 0.910. The van der Waals surface area contributed by atoms with Gasteiger partial charge in [0.2, 0.25) is 0 Å². The van der Waals surface area contributed by atoms with Crippen molar-refractivity contribution in [1.29, 1.82) is 0 Å². The Kier molecular flexibility index (Phi) is 4.43. The average Bonchev–Trinajstić information content (AvgIpc) is 3.28. The third kappa shape index (κ3) is 2.92. The first-order valence-corrected chi connectivity index (χ1v) is 9.10. The molecule has 1 aromatic heterocycles. The lowest BCUT2D eigenvalue weighted by molar-refractivity contribution is -0.159. The zero-order chi connectivity index (χ0) is 17.4. The van der Waals surface area contributed by atoms with E-state index in [-0.39, 0.29) is 11.9 Å². The molecule has 1 N–H and O–H groups in total. The van der Waals surface area contributed by atoms with Crippen LogP contribution in [0.1, 0.15) is 37.5 Å². The molecule has 25 heavy (non-hydrogen) atoms. The number of hydrogen-bond donors (Lipinski definition) is 1. The monoisotopic (exact) mass is 363 g/mol. The van der Waals surface area contributed by atoms with E-state index in [0.717, 1.165) is 36.1 Å². The van der Waals surface area contributed by atoms with Gasteiger partial charge in [-0.1, -0.05) is 11.6 Å². The maximum absolute atomic E-state index is 13.3. The van der Waals surface area contributed by atoms with Crippen molar-refractivity contribution in [3.05, 3.63) is 29.0 Å². The summed E-state index contributed by atoms with van der Waals surface area (Å²) in [5.74, 6) is 0.825. The minimum absolute atomic E-state index is 0.00990. The number of piperidine rings is 1. The van der Waals surface area contributed by atoms with Gasteiger partial charge in [0.25, 0.3) is 5.91 Å². The first kappa shape index (κ1) is 16.8. The van der Waals surface area contributed by atoms with Crippen molar-refractivity contribution >= 4 is 28.5 Å². The highest BCUT2D eigenvalue weighted by molar-refractivity contribution is 6.31. The molecule has 6 nitrogen and oxygen atoms in total. The SMILES string of the molecule is COC1(C(=O)N2CCCCC2c2nc3ccc(Cl)cc3[nH]2)CCOC1. The van der Waals surface area contributed by atoms with Gasteiger partial charge >= 0.3 is 0 Å². The normalized spacial score (nSPS) is 27.1. The van der Waals surface area contributed by atoms with Crippen LogP contribution in [0.2, 0.25) is 5.02 Å². The molecule has 0 aliphatic carbocycles. The average molecular weight is 364 g/mol. The van der Waals surface area contributed by atoms with Crippen LogP contribution < -0.4 is 0 Å². The lowest BCUT2D eigenvalue weighted by Crippen LogP contribution is -2.53. The van der Waals surface area contributed by atoms with Gasteiger partial charge in [0.15, 0.2) is 5.60 Å². The van der Waals surface area contributed by atoms with Gasteiger partial charge in [0, 0.05) is 25.1 Å². The van der Waals surface area contributed by atoms with Crippen LogP contribution >= 0.6 is 11.6 Å². The molecule has 2 aliphatic rings. The van der Waals surface area contributed by atoms with Crippen molar-refractivity contribution in [2.45, 2.75) is 37.3 Å². The van der Waals surface area contributed by atoms with Crippen LogP contribution in [0.4, 0.5) is 0 Å². The Morgan fingerprint density at radius 1 is 1.48 bits per heavy atom. The van der Waals surface area contributed by atoms with Gasteiger partial charge in [0.1, 0.15) is 5.82 Å². The summed E-state index contributed by atoms with van der Waals surface area (Å²) in [6.45, 7) is 1.59. The van der Waals surface area contributed by atoms with Crippen LogP contribution in [0.15, 0.2) is 18.2 Å². The second-order valence-corrected chi connectivity index (χ2v) is 7.23. The largest absolute Gasteiger partial charge is 0.378 e. The molecule has 134 valence electrons. The van der Waals surface area contributed by atoms with Crippen LogP contribution in [-0.4, -0.2) is 53.2 Å². The van der Waals surface area contributed by atoms with E-state index in [1.54, 1.807) is 7.11 Å². The molecule has 2 fully saturated rings. The van der Waals surface area contributed by atoms with E-state index >= 15 is 0 Å². The molecule has 1 aromatic carbocycles. The minimum Gasteiger partial charge on any atom is -0.378 e. The van der Waals surface area contributed by atoms with Crippen LogP contribution in [0.25, 0.3) is 11.0 Å². The number of fused-ring (bicyclic) bond motifs is 1. The van der Waals surface area contributed by atoms with Crippen LogP contribution in [0, 0.1) is 0 Å². The number of rotatable bonds is 3. The number of aromatic nitrogens is 2. The molecular weight excluding hydrogens is 342 g/mol. The van der Waals surface area contributed by atoms with E-state index in [0.29, 0.717) is 31.2 Å². The summed E-state index contributed by atoms with van der Waals surface area (Å²) in [5.41, 5.74) is 0.902. The predicted molar refractivity (Wildman–Crippen MR) is 94.6 cm³/mol. The van der Waals surface area contributed by atoms with Crippen LogP contribution in [-0.2, 0) is 14.3 Å². The number of aromatic amines is 1. The smallest absolute Gasteiger partial charge is 0.257 e. The first-order valence-electron chi connectivity index (χ1n) is 8.72. The molecule has 0 saturated carbocycles. The summed E-state index contributed by atoms with van der Waals surface area (Å²) >= 11 is 6.07. The number of methoxy groups -OCH3 is 1. The lowest BCUT2D eigenvalue weighted by atomic mass is 9.95. The molecule has 4 rings (SSSR count). The van der Waals surface area contributed by atoms with Crippen LogP contribution in [0.5, 0.6) is 0 Å².